The maximum Gasteiger partial charge on any atom is 0.0574 e. The lowest BCUT2D eigenvalue weighted by molar-refractivity contribution is 0.593. The van der Waals surface area contributed by atoms with Gasteiger partial charge >= 0.3 is 0 Å². The zero-order chi connectivity index (χ0) is 10.6. The molecule has 0 radical (unpaired) electrons. The Labute approximate surface area is 94.0 Å². The fraction of sp³-hybridized carbons (Fsp3) is 0.455. The molecular formula is C11H17BrN2. The summed E-state index contributed by atoms with van der Waals surface area (Å²) >= 11 is 3.38. The molecule has 1 aromatic rings. The number of nitrogens with two attached hydrogens (primary N) is 1. The van der Waals surface area contributed by atoms with E-state index in [0.717, 1.165) is 22.4 Å². The van der Waals surface area contributed by atoms with Crippen LogP contribution >= 0.6 is 15.9 Å². The molecule has 1 unspecified atom stereocenters. The molecule has 1 aromatic carbocycles. The van der Waals surface area contributed by atoms with Gasteiger partial charge in [0.25, 0.3) is 0 Å². The molecule has 3 heteroatoms. The average Bonchev–Trinajstić information content (AvgIpc) is 2.16. The Balaban J connectivity index is 2.59. The number of nitrogens with one attached hydrogen (secondary N) is 1. The summed E-state index contributed by atoms with van der Waals surface area (Å²) < 4.78 is 1.02. The molecule has 0 aliphatic carbocycles. The Morgan fingerprint density at radius 3 is 2.79 bits per heavy atom. The zero-order valence-corrected chi connectivity index (χ0v) is 10.3. The molecule has 0 saturated carbocycles. The highest BCUT2D eigenvalue weighted by Crippen LogP contribution is 2.23. The van der Waals surface area contributed by atoms with Gasteiger partial charge in [-0.3, -0.25) is 0 Å². The minimum atomic E-state index is 0.679. The number of halogens is 1. The standard InChI is InChI=1S/C11H17BrN2/c1-3-8(2)7-14-11-5-4-9(12)6-10(11)13/h4-6,8,14H,3,7,13H2,1-2H3. The van der Waals surface area contributed by atoms with Crippen LogP contribution in [0.25, 0.3) is 0 Å². The summed E-state index contributed by atoms with van der Waals surface area (Å²) in [5, 5.41) is 3.34. The summed E-state index contributed by atoms with van der Waals surface area (Å²) in [5.74, 6) is 0.679. The van der Waals surface area contributed by atoms with Crippen LogP contribution in [0.1, 0.15) is 20.3 Å². The molecule has 0 spiro atoms. The van der Waals surface area contributed by atoms with Gasteiger partial charge in [-0.25, -0.2) is 0 Å². The van der Waals surface area contributed by atoms with Crippen LogP contribution in [0, 0.1) is 5.92 Å². The Morgan fingerprint density at radius 1 is 1.50 bits per heavy atom. The van der Waals surface area contributed by atoms with Crippen LogP contribution in [0.2, 0.25) is 0 Å². The third kappa shape index (κ3) is 3.22. The van der Waals surface area contributed by atoms with Gasteiger partial charge in [-0.05, 0) is 24.1 Å². The van der Waals surface area contributed by atoms with Gasteiger partial charge < -0.3 is 11.1 Å². The quantitative estimate of drug-likeness (QED) is 0.810. The van der Waals surface area contributed by atoms with Crippen molar-refractivity contribution in [2.75, 3.05) is 17.6 Å². The molecule has 14 heavy (non-hydrogen) atoms. The summed E-state index contributed by atoms with van der Waals surface area (Å²) in [5.41, 5.74) is 7.67. The van der Waals surface area contributed by atoms with Crippen LogP contribution in [0.5, 0.6) is 0 Å². The number of rotatable bonds is 4. The Kier molecular flexibility index (Phi) is 4.26. The lowest BCUT2D eigenvalue weighted by Gasteiger charge is -2.13. The maximum absolute atomic E-state index is 5.86. The largest absolute Gasteiger partial charge is 0.397 e. The van der Waals surface area contributed by atoms with Crippen LogP contribution in [-0.4, -0.2) is 6.54 Å². The Morgan fingerprint density at radius 2 is 2.21 bits per heavy atom. The highest BCUT2D eigenvalue weighted by molar-refractivity contribution is 9.10. The van der Waals surface area contributed by atoms with Crippen LogP contribution in [0.3, 0.4) is 0 Å². The van der Waals surface area contributed by atoms with Crippen molar-refractivity contribution >= 4 is 27.3 Å². The van der Waals surface area contributed by atoms with Crippen molar-refractivity contribution < 1.29 is 0 Å². The molecule has 0 bridgehead atoms. The third-order valence-corrected chi connectivity index (χ3v) is 2.84. The first-order valence-corrected chi connectivity index (χ1v) is 5.71. The molecule has 1 rings (SSSR count). The van der Waals surface area contributed by atoms with E-state index in [1.165, 1.54) is 6.42 Å². The highest BCUT2D eigenvalue weighted by atomic mass is 79.9. The van der Waals surface area contributed by atoms with Gasteiger partial charge in [0.1, 0.15) is 0 Å². The van der Waals surface area contributed by atoms with E-state index in [2.05, 4.69) is 35.1 Å². The van der Waals surface area contributed by atoms with Crippen LogP contribution in [-0.2, 0) is 0 Å². The Hall–Kier alpha value is -0.700. The van der Waals surface area contributed by atoms with E-state index >= 15 is 0 Å². The highest BCUT2D eigenvalue weighted by Gasteiger charge is 2.01. The number of benzene rings is 1. The SMILES string of the molecule is CCC(C)CNc1ccc(Br)cc1N. The number of anilines is 2. The fourth-order valence-corrected chi connectivity index (χ4v) is 1.50. The predicted octanol–water partition coefficient (Wildman–Crippen LogP) is 3.49. The number of hydrogen-bond acceptors (Lipinski definition) is 2. The van der Waals surface area contributed by atoms with Gasteiger partial charge in [0, 0.05) is 11.0 Å². The topological polar surface area (TPSA) is 38.0 Å². The molecule has 0 aliphatic heterocycles. The normalized spacial score (nSPS) is 12.5. The first-order valence-electron chi connectivity index (χ1n) is 4.92. The predicted molar refractivity (Wildman–Crippen MR) is 66.5 cm³/mol. The van der Waals surface area contributed by atoms with Crippen molar-refractivity contribution in [2.45, 2.75) is 20.3 Å². The smallest absolute Gasteiger partial charge is 0.0574 e. The number of nitrogen functional groups attached to an aromatic ring is 1. The average molecular weight is 257 g/mol. The van der Waals surface area contributed by atoms with Gasteiger partial charge in [0.05, 0.1) is 11.4 Å². The minimum absolute atomic E-state index is 0.679. The number of hydrogen-bond donors (Lipinski definition) is 2. The van der Waals surface area contributed by atoms with Crippen LogP contribution in [0.15, 0.2) is 22.7 Å². The maximum atomic E-state index is 5.86. The van der Waals surface area contributed by atoms with Crippen molar-refractivity contribution in [3.8, 4) is 0 Å². The molecule has 0 aliphatic rings. The second-order valence-electron chi connectivity index (χ2n) is 3.63. The molecule has 78 valence electrons. The first-order chi connectivity index (χ1) is 6.63. The van der Waals surface area contributed by atoms with Gasteiger partial charge in [0.2, 0.25) is 0 Å². The van der Waals surface area contributed by atoms with E-state index in [-0.39, 0.29) is 0 Å². The second-order valence-corrected chi connectivity index (χ2v) is 4.54. The molecule has 0 saturated heterocycles. The van der Waals surface area contributed by atoms with E-state index in [9.17, 15) is 0 Å². The Bertz CT molecular complexity index is 299. The molecule has 0 amide bonds. The van der Waals surface area contributed by atoms with Gasteiger partial charge in [0.15, 0.2) is 0 Å². The van der Waals surface area contributed by atoms with E-state index in [4.69, 9.17) is 5.73 Å². The zero-order valence-electron chi connectivity index (χ0n) is 8.68. The summed E-state index contributed by atoms with van der Waals surface area (Å²) in [6.45, 7) is 5.39. The first kappa shape index (κ1) is 11.4. The van der Waals surface area contributed by atoms with Crippen molar-refractivity contribution in [3.05, 3.63) is 22.7 Å². The molecule has 0 heterocycles. The lowest BCUT2D eigenvalue weighted by Crippen LogP contribution is -2.11. The summed E-state index contributed by atoms with van der Waals surface area (Å²) in [4.78, 5) is 0. The molecule has 1 atom stereocenters. The molecule has 3 N–H and O–H groups in total. The van der Waals surface area contributed by atoms with E-state index < -0.39 is 0 Å². The molecule has 2 nitrogen and oxygen atoms in total. The van der Waals surface area contributed by atoms with Crippen LogP contribution in [0.4, 0.5) is 11.4 Å². The molecule has 0 aromatic heterocycles. The summed E-state index contributed by atoms with van der Waals surface area (Å²) in [7, 11) is 0. The van der Waals surface area contributed by atoms with Crippen LogP contribution < -0.4 is 11.1 Å². The van der Waals surface area contributed by atoms with E-state index in [1.54, 1.807) is 0 Å². The van der Waals surface area contributed by atoms with Crippen molar-refractivity contribution in [3.63, 3.8) is 0 Å². The lowest BCUT2D eigenvalue weighted by atomic mass is 10.1. The van der Waals surface area contributed by atoms with Gasteiger partial charge in [-0.15, -0.1) is 0 Å². The fourth-order valence-electron chi connectivity index (χ4n) is 1.12. The van der Waals surface area contributed by atoms with E-state index in [1.807, 2.05) is 18.2 Å². The summed E-state index contributed by atoms with van der Waals surface area (Å²) in [6.07, 6.45) is 1.18. The van der Waals surface area contributed by atoms with Crippen molar-refractivity contribution in [2.24, 2.45) is 5.92 Å². The minimum Gasteiger partial charge on any atom is -0.397 e. The third-order valence-electron chi connectivity index (χ3n) is 2.35. The summed E-state index contributed by atoms with van der Waals surface area (Å²) in [6, 6.07) is 5.91. The van der Waals surface area contributed by atoms with Crippen molar-refractivity contribution in [1.29, 1.82) is 0 Å². The monoisotopic (exact) mass is 256 g/mol. The van der Waals surface area contributed by atoms with E-state index in [0.29, 0.717) is 5.92 Å². The van der Waals surface area contributed by atoms with Gasteiger partial charge in [-0.1, -0.05) is 36.2 Å². The second kappa shape index (κ2) is 5.25. The molecule has 0 fully saturated rings. The van der Waals surface area contributed by atoms with Gasteiger partial charge in [-0.2, -0.15) is 0 Å². The molecular weight excluding hydrogens is 240 g/mol. The van der Waals surface area contributed by atoms with Crippen molar-refractivity contribution in [1.82, 2.24) is 0 Å².